The van der Waals surface area contributed by atoms with E-state index in [1.54, 1.807) is 12.5 Å². The summed E-state index contributed by atoms with van der Waals surface area (Å²) < 4.78 is 1.49. The second kappa shape index (κ2) is 7.37. The highest BCUT2D eigenvalue weighted by molar-refractivity contribution is 5.91. The lowest BCUT2D eigenvalue weighted by Gasteiger charge is -2.34. The number of anilines is 1. The lowest BCUT2D eigenvalue weighted by Crippen LogP contribution is -2.33. The van der Waals surface area contributed by atoms with E-state index in [0.717, 1.165) is 41.2 Å². The molecule has 0 amide bonds. The van der Waals surface area contributed by atoms with Crippen molar-refractivity contribution in [2.24, 2.45) is 0 Å². The Labute approximate surface area is 175 Å². The van der Waals surface area contributed by atoms with Crippen LogP contribution in [-0.4, -0.2) is 31.7 Å². The number of aromatic nitrogens is 4. The van der Waals surface area contributed by atoms with Crippen LogP contribution < -0.4 is 5.32 Å². The number of fused-ring (bicyclic) bond motifs is 1. The molecule has 0 aliphatic heterocycles. The van der Waals surface area contributed by atoms with Gasteiger partial charge in [0.05, 0.1) is 16.8 Å². The van der Waals surface area contributed by atoms with E-state index in [0.29, 0.717) is 12.5 Å². The number of rotatable bonds is 5. The molecule has 5 rings (SSSR count). The highest BCUT2D eigenvalue weighted by Gasteiger charge is 2.39. The third-order valence-corrected chi connectivity index (χ3v) is 6.16. The van der Waals surface area contributed by atoms with Crippen molar-refractivity contribution in [1.82, 2.24) is 19.7 Å². The number of carbonyl (C=O) groups excluding carboxylic acids is 1. The molecule has 6 heteroatoms. The van der Waals surface area contributed by atoms with Gasteiger partial charge in [0.25, 0.3) is 5.91 Å². The number of nitrogens with one attached hydrogen (secondary N) is 1. The van der Waals surface area contributed by atoms with Crippen molar-refractivity contribution in [2.45, 2.75) is 37.1 Å². The fourth-order valence-electron chi connectivity index (χ4n) is 4.29. The van der Waals surface area contributed by atoms with Gasteiger partial charge in [0.2, 0.25) is 0 Å². The largest absolute Gasteiger partial charge is 0.365 e. The normalized spacial score (nSPS) is 20.3. The van der Waals surface area contributed by atoms with Crippen LogP contribution in [0, 0.1) is 0 Å². The molecule has 3 aromatic rings. The van der Waals surface area contributed by atoms with Crippen LogP contribution >= 0.6 is 0 Å². The van der Waals surface area contributed by atoms with E-state index >= 15 is 0 Å². The molecule has 0 spiro atoms. The van der Waals surface area contributed by atoms with Gasteiger partial charge in [0, 0.05) is 24.2 Å². The van der Waals surface area contributed by atoms with Crippen molar-refractivity contribution in [3.63, 3.8) is 0 Å². The number of hydrogen-bond acceptors (Lipinski definition) is 5. The first-order valence-corrected chi connectivity index (χ1v) is 10.3. The third kappa shape index (κ3) is 2.96. The molecule has 1 N–H and O–H groups in total. The third-order valence-electron chi connectivity index (χ3n) is 6.16. The van der Waals surface area contributed by atoms with Crippen molar-refractivity contribution in [3.8, 4) is 0 Å². The van der Waals surface area contributed by atoms with Crippen LogP contribution in [0.25, 0.3) is 6.08 Å². The zero-order valence-corrected chi connectivity index (χ0v) is 16.7. The zero-order chi connectivity index (χ0) is 20.6. The summed E-state index contributed by atoms with van der Waals surface area (Å²) in [5.41, 5.74) is 3.32. The summed E-state index contributed by atoms with van der Waals surface area (Å²) in [5, 5.41) is 8.16. The van der Waals surface area contributed by atoms with Crippen LogP contribution in [0.1, 0.15) is 46.6 Å². The van der Waals surface area contributed by atoms with Gasteiger partial charge in [0.1, 0.15) is 6.33 Å². The first-order chi connectivity index (χ1) is 14.7. The predicted molar refractivity (Wildman–Crippen MR) is 116 cm³/mol. The molecule has 1 aromatic carbocycles. The lowest BCUT2D eigenvalue weighted by molar-refractivity contribution is 0.0950. The molecule has 30 heavy (non-hydrogen) atoms. The zero-order valence-electron chi connectivity index (χ0n) is 16.7. The van der Waals surface area contributed by atoms with Crippen LogP contribution in [0.4, 0.5) is 5.82 Å². The number of hydrogen-bond donors (Lipinski definition) is 1. The minimum atomic E-state index is -0.510. The van der Waals surface area contributed by atoms with Gasteiger partial charge in [0.15, 0.2) is 5.82 Å². The molecule has 1 unspecified atom stereocenters. The van der Waals surface area contributed by atoms with Gasteiger partial charge in [-0.15, -0.1) is 5.10 Å². The highest BCUT2D eigenvalue weighted by Crippen LogP contribution is 2.42. The van der Waals surface area contributed by atoms with E-state index in [-0.39, 0.29) is 5.91 Å². The van der Waals surface area contributed by atoms with Crippen LogP contribution in [0.3, 0.4) is 0 Å². The van der Waals surface area contributed by atoms with E-state index in [4.69, 9.17) is 0 Å². The Morgan fingerprint density at radius 2 is 2.07 bits per heavy atom. The summed E-state index contributed by atoms with van der Waals surface area (Å²) >= 11 is 0. The maximum atomic E-state index is 12.7. The predicted octanol–water partition coefficient (Wildman–Crippen LogP) is 4.02. The van der Waals surface area contributed by atoms with Crippen molar-refractivity contribution >= 4 is 17.8 Å². The van der Waals surface area contributed by atoms with Gasteiger partial charge >= 0.3 is 0 Å². The molecule has 0 radical (unpaired) electrons. The van der Waals surface area contributed by atoms with Gasteiger partial charge in [-0.2, -0.15) is 4.68 Å². The topological polar surface area (TPSA) is 72.7 Å². The Kier molecular flexibility index (Phi) is 4.54. The standard InChI is InChI=1S/C24H23N5O/c1-2-22(30)29-20-15-24(17-7-4-3-5-8-17,21-12-14-25-16-26-21)13-11-19(20)23(28-29)27-18-9-6-10-18/h2-5,7-8,11-14,16,18H,1,6,9-10,15H2,(H,27,28). The van der Waals surface area contributed by atoms with Gasteiger partial charge in [-0.05, 0) is 37.0 Å². The fraction of sp³-hybridized carbons (Fsp3) is 0.250. The maximum absolute atomic E-state index is 12.7. The fourth-order valence-corrected chi connectivity index (χ4v) is 4.29. The minimum absolute atomic E-state index is 0.229. The Morgan fingerprint density at radius 3 is 2.73 bits per heavy atom. The molecular weight excluding hydrogens is 374 g/mol. The average Bonchev–Trinajstić information content (AvgIpc) is 3.14. The SMILES string of the molecule is C=CC(=O)n1nc(NC2CCC2)c2c1CC(c1ccccc1)(c1ccncn1)C=C2. The number of nitrogens with zero attached hydrogens (tertiary/aromatic N) is 4. The van der Waals surface area contributed by atoms with Gasteiger partial charge in [-0.1, -0.05) is 49.1 Å². The average molecular weight is 397 g/mol. The number of carbonyl (C=O) groups is 1. The molecule has 2 aromatic heterocycles. The minimum Gasteiger partial charge on any atom is -0.365 e. The number of allylic oxidation sites excluding steroid dienone is 2. The molecule has 2 aliphatic rings. The molecule has 1 saturated carbocycles. The van der Waals surface area contributed by atoms with Crippen LogP contribution in [0.5, 0.6) is 0 Å². The van der Waals surface area contributed by atoms with Gasteiger partial charge in [-0.3, -0.25) is 4.79 Å². The van der Waals surface area contributed by atoms with E-state index in [2.05, 4.69) is 51.2 Å². The summed E-state index contributed by atoms with van der Waals surface area (Å²) in [6.07, 6.45) is 13.0. The van der Waals surface area contributed by atoms with Crippen LogP contribution in [0.2, 0.25) is 0 Å². The summed E-state index contributed by atoms with van der Waals surface area (Å²) in [5.74, 6) is 0.540. The molecule has 1 atom stereocenters. The summed E-state index contributed by atoms with van der Waals surface area (Å²) in [6, 6.07) is 12.6. The first-order valence-electron chi connectivity index (χ1n) is 10.3. The highest BCUT2D eigenvalue weighted by atomic mass is 16.2. The monoisotopic (exact) mass is 397 g/mol. The smallest absolute Gasteiger partial charge is 0.270 e. The van der Waals surface area contributed by atoms with Crippen molar-refractivity contribution in [3.05, 3.63) is 90.2 Å². The lowest BCUT2D eigenvalue weighted by atomic mass is 9.70. The first kappa shape index (κ1) is 18.5. The Morgan fingerprint density at radius 1 is 1.23 bits per heavy atom. The van der Waals surface area contributed by atoms with Crippen LogP contribution in [-0.2, 0) is 11.8 Å². The van der Waals surface area contributed by atoms with Gasteiger partial charge < -0.3 is 5.32 Å². The second-order valence-electron chi connectivity index (χ2n) is 7.88. The van der Waals surface area contributed by atoms with Crippen molar-refractivity contribution < 1.29 is 4.79 Å². The molecule has 1 fully saturated rings. The molecule has 0 bridgehead atoms. The van der Waals surface area contributed by atoms with Crippen LogP contribution in [0.15, 0.2) is 67.7 Å². The summed E-state index contributed by atoms with van der Waals surface area (Å²) in [7, 11) is 0. The molecule has 6 nitrogen and oxygen atoms in total. The Bertz CT molecular complexity index is 1070. The van der Waals surface area contributed by atoms with Gasteiger partial charge in [-0.25, -0.2) is 9.97 Å². The maximum Gasteiger partial charge on any atom is 0.270 e. The molecular formula is C24H23N5O. The van der Waals surface area contributed by atoms with E-state index in [9.17, 15) is 4.79 Å². The Hall–Kier alpha value is -3.54. The van der Waals surface area contributed by atoms with Crippen molar-refractivity contribution in [2.75, 3.05) is 5.32 Å². The van der Waals surface area contributed by atoms with Crippen molar-refractivity contribution in [1.29, 1.82) is 0 Å². The summed E-state index contributed by atoms with van der Waals surface area (Å²) in [4.78, 5) is 21.3. The van der Waals surface area contributed by atoms with E-state index in [1.165, 1.54) is 17.2 Å². The van der Waals surface area contributed by atoms with E-state index in [1.807, 2.05) is 24.3 Å². The summed E-state index contributed by atoms with van der Waals surface area (Å²) in [6.45, 7) is 3.67. The molecule has 0 saturated heterocycles. The quantitative estimate of drug-likeness (QED) is 0.659. The number of benzene rings is 1. The van der Waals surface area contributed by atoms with E-state index < -0.39 is 5.41 Å². The molecule has 2 heterocycles. The second-order valence-corrected chi connectivity index (χ2v) is 7.88. The Balaban J connectivity index is 1.66. The molecule has 2 aliphatic carbocycles. The molecule has 150 valence electrons.